The summed E-state index contributed by atoms with van der Waals surface area (Å²) in [6, 6.07) is 9.32. The van der Waals surface area contributed by atoms with Gasteiger partial charge >= 0.3 is 0 Å². The molecule has 0 aliphatic carbocycles. The molecule has 31 heavy (non-hydrogen) atoms. The van der Waals surface area contributed by atoms with E-state index in [1.54, 1.807) is 18.4 Å². The minimum absolute atomic E-state index is 0.142. The highest BCUT2D eigenvalue weighted by molar-refractivity contribution is 6.30. The molecule has 1 N–H and O–H groups in total. The molecule has 2 aliphatic rings. The van der Waals surface area contributed by atoms with Gasteiger partial charge in [-0.2, -0.15) is 0 Å². The van der Waals surface area contributed by atoms with Gasteiger partial charge < -0.3 is 18.9 Å². The third-order valence-electron chi connectivity index (χ3n) is 5.63. The van der Waals surface area contributed by atoms with Crippen LogP contribution in [-0.4, -0.2) is 33.2 Å². The Labute approximate surface area is 181 Å². The Balaban J connectivity index is 1.28. The fourth-order valence-corrected chi connectivity index (χ4v) is 4.29. The standard InChI is InChI=1S/C22H17ClN4O4/c23-20-13(6-12-7-18-19(31-11-30-18)8-16(12)24-20)9-27-4-3-15-14(10-27)22(28)26-21(25-15)17-2-1-5-29-17/h1-2,5-8H,3-4,9-11H2,(H,25,26,28). The molecule has 156 valence electrons. The number of furan rings is 1. The fraction of sp³-hybridized carbons (Fsp3) is 0.227. The van der Waals surface area contributed by atoms with Crippen LogP contribution in [0.1, 0.15) is 16.8 Å². The number of hydrogen-bond donors (Lipinski definition) is 1. The lowest BCUT2D eigenvalue weighted by Crippen LogP contribution is -2.35. The molecule has 0 saturated heterocycles. The Kier molecular flexibility index (Phi) is 4.22. The van der Waals surface area contributed by atoms with E-state index in [4.69, 9.17) is 25.5 Å². The summed E-state index contributed by atoms with van der Waals surface area (Å²) in [4.78, 5) is 26.8. The van der Waals surface area contributed by atoms with Crippen LogP contribution in [0.25, 0.3) is 22.5 Å². The Morgan fingerprint density at radius 2 is 2.03 bits per heavy atom. The molecule has 0 radical (unpaired) electrons. The number of nitrogens with one attached hydrogen (secondary N) is 1. The summed E-state index contributed by atoms with van der Waals surface area (Å²) in [5.41, 5.74) is 2.99. The van der Waals surface area contributed by atoms with Gasteiger partial charge in [0.25, 0.3) is 5.56 Å². The Morgan fingerprint density at radius 3 is 2.87 bits per heavy atom. The van der Waals surface area contributed by atoms with Gasteiger partial charge in [0, 0.05) is 43.1 Å². The van der Waals surface area contributed by atoms with Gasteiger partial charge in [-0.05, 0) is 24.3 Å². The highest BCUT2D eigenvalue weighted by atomic mass is 35.5. The van der Waals surface area contributed by atoms with Crippen molar-refractivity contribution in [2.45, 2.75) is 19.5 Å². The summed E-state index contributed by atoms with van der Waals surface area (Å²) in [6.45, 7) is 2.04. The second-order valence-corrected chi connectivity index (χ2v) is 7.97. The summed E-state index contributed by atoms with van der Waals surface area (Å²) >= 11 is 6.48. The maximum Gasteiger partial charge on any atom is 0.256 e. The van der Waals surface area contributed by atoms with E-state index in [2.05, 4.69) is 19.9 Å². The molecule has 0 saturated carbocycles. The predicted octanol–water partition coefficient (Wildman–Crippen LogP) is 3.52. The summed E-state index contributed by atoms with van der Waals surface area (Å²) in [7, 11) is 0. The molecule has 9 heteroatoms. The average Bonchev–Trinajstić information content (AvgIpc) is 3.45. The van der Waals surface area contributed by atoms with Gasteiger partial charge in [-0.25, -0.2) is 9.97 Å². The van der Waals surface area contributed by atoms with Crippen molar-refractivity contribution < 1.29 is 13.9 Å². The summed E-state index contributed by atoms with van der Waals surface area (Å²) < 4.78 is 16.2. The van der Waals surface area contributed by atoms with Crippen LogP contribution in [0, 0.1) is 0 Å². The van der Waals surface area contributed by atoms with E-state index < -0.39 is 0 Å². The first kappa shape index (κ1) is 18.4. The second kappa shape index (κ2) is 7.11. The highest BCUT2D eigenvalue weighted by Crippen LogP contribution is 2.36. The molecule has 6 rings (SSSR count). The van der Waals surface area contributed by atoms with Gasteiger partial charge in [0.1, 0.15) is 5.15 Å². The van der Waals surface area contributed by atoms with Crippen LogP contribution in [0.3, 0.4) is 0 Å². The zero-order valence-electron chi connectivity index (χ0n) is 16.4. The van der Waals surface area contributed by atoms with E-state index >= 15 is 0 Å². The van der Waals surface area contributed by atoms with E-state index in [1.165, 1.54) is 0 Å². The van der Waals surface area contributed by atoms with Gasteiger partial charge in [-0.3, -0.25) is 9.69 Å². The molecule has 1 aromatic carbocycles. The molecule has 0 unspecified atom stereocenters. The maximum absolute atomic E-state index is 12.7. The van der Waals surface area contributed by atoms with E-state index in [0.717, 1.165) is 28.7 Å². The number of ether oxygens (including phenoxy) is 2. The second-order valence-electron chi connectivity index (χ2n) is 7.61. The topological polar surface area (TPSA) is 93.5 Å². The number of halogens is 1. The van der Waals surface area contributed by atoms with Crippen LogP contribution in [0.2, 0.25) is 5.15 Å². The van der Waals surface area contributed by atoms with Crippen molar-refractivity contribution in [1.29, 1.82) is 0 Å². The summed E-state index contributed by atoms with van der Waals surface area (Å²) in [6.07, 6.45) is 2.23. The predicted molar refractivity (Wildman–Crippen MR) is 113 cm³/mol. The normalized spacial score (nSPS) is 15.4. The third-order valence-corrected chi connectivity index (χ3v) is 5.96. The van der Waals surface area contributed by atoms with Crippen molar-refractivity contribution >= 4 is 22.5 Å². The first-order chi connectivity index (χ1) is 15.1. The van der Waals surface area contributed by atoms with Gasteiger partial charge in [0.2, 0.25) is 6.79 Å². The summed E-state index contributed by atoms with van der Waals surface area (Å²) in [5.74, 6) is 2.40. The number of aromatic nitrogens is 3. The number of rotatable bonds is 3. The molecule has 5 heterocycles. The smallest absolute Gasteiger partial charge is 0.256 e. The van der Waals surface area contributed by atoms with Crippen LogP contribution in [-0.2, 0) is 19.5 Å². The minimum Gasteiger partial charge on any atom is -0.461 e. The number of pyridine rings is 1. The van der Waals surface area contributed by atoms with Gasteiger partial charge in [-0.15, -0.1) is 0 Å². The first-order valence-corrected chi connectivity index (χ1v) is 10.3. The SMILES string of the molecule is O=c1[nH]c(-c2ccco2)nc2c1CN(Cc1cc3cc4c(cc3nc1Cl)OCO4)CC2. The lowest BCUT2D eigenvalue weighted by atomic mass is 10.1. The molecular weight excluding hydrogens is 420 g/mol. The van der Waals surface area contributed by atoms with Crippen molar-refractivity contribution in [3.8, 4) is 23.1 Å². The number of fused-ring (bicyclic) bond motifs is 3. The molecule has 4 aromatic rings. The monoisotopic (exact) mass is 436 g/mol. The van der Waals surface area contributed by atoms with Crippen LogP contribution >= 0.6 is 11.6 Å². The average molecular weight is 437 g/mol. The molecular formula is C22H17ClN4O4. The number of benzene rings is 1. The van der Waals surface area contributed by atoms with E-state index in [0.29, 0.717) is 53.3 Å². The number of H-pyrrole nitrogens is 1. The fourth-order valence-electron chi connectivity index (χ4n) is 4.08. The molecule has 0 atom stereocenters. The lowest BCUT2D eigenvalue weighted by molar-refractivity contribution is 0.174. The van der Waals surface area contributed by atoms with E-state index in [-0.39, 0.29) is 12.4 Å². The largest absolute Gasteiger partial charge is 0.461 e. The Hall–Kier alpha value is -3.36. The lowest BCUT2D eigenvalue weighted by Gasteiger charge is -2.27. The Morgan fingerprint density at radius 1 is 1.16 bits per heavy atom. The van der Waals surface area contributed by atoms with Crippen LogP contribution in [0.15, 0.2) is 45.8 Å². The van der Waals surface area contributed by atoms with Gasteiger partial charge in [0.05, 0.1) is 23.0 Å². The highest BCUT2D eigenvalue weighted by Gasteiger charge is 2.23. The molecule has 2 aliphatic heterocycles. The van der Waals surface area contributed by atoms with Crippen molar-refractivity contribution in [1.82, 2.24) is 19.9 Å². The van der Waals surface area contributed by atoms with Crippen molar-refractivity contribution in [2.24, 2.45) is 0 Å². The zero-order valence-corrected chi connectivity index (χ0v) is 17.1. The van der Waals surface area contributed by atoms with Crippen molar-refractivity contribution in [3.63, 3.8) is 0 Å². The van der Waals surface area contributed by atoms with Gasteiger partial charge in [-0.1, -0.05) is 11.6 Å². The quantitative estimate of drug-likeness (QED) is 0.491. The molecule has 0 amide bonds. The minimum atomic E-state index is -0.142. The third kappa shape index (κ3) is 3.24. The molecule has 0 spiro atoms. The molecule has 0 fully saturated rings. The zero-order chi connectivity index (χ0) is 20.9. The van der Waals surface area contributed by atoms with Gasteiger partial charge in [0.15, 0.2) is 23.1 Å². The van der Waals surface area contributed by atoms with Crippen molar-refractivity contribution in [2.75, 3.05) is 13.3 Å². The van der Waals surface area contributed by atoms with Crippen LogP contribution in [0.5, 0.6) is 11.5 Å². The number of aromatic amines is 1. The number of nitrogens with zero attached hydrogens (tertiary/aromatic N) is 3. The van der Waals surface area contributed by atoms with Crippen LogP contribution < -0.4 is 15.0 Å². The number of hydrogen-bond acceptors (Lipinski definition) is 7. The van der Waals surface area contributed by atoms with E-state index in [9.17, 15) is 4.79 Å². The summed E-state index contributed by atoms with van der Waals surface area (Å²) in [5, 5.41) is 1.38. The maximum atomic E-state index is 12.7. The van der Waals surface area contributed by atoms with E-state index in [1.807, 2.05) is 18.2 Å². The molecule has 8 nitrogen and oxygen atoms in total. The van der Waals surface area contributed by atoms with Crippen molar-refractivity contribution in [3.05, 3.63) is 68.9 Å². The molecule has 3 aromatic heterocycles. The molecule has 0 bridgehead atoms. The first-order valence-electron chi connectivity index (χ1n) is 9.91. The Bertz CT molecular complexity index is 1370. The van der Waals surface area contributed by atoms with Crippen LogP contribution in [0.4, 0.5) is 0 Å².